The molecule has 1 amide bonds. The zero-order valence-electron chi connectivity index (χ0n) is 20.3. The number of carbonyl (C=O) groups is 1. The largest absolute Gasteiger partial charge is 0.380 e. The van der Waals surface area contributed by atoms with Crippen molar-refractivity contribution in [1.82, 2.24) is 20.4 Å². The Bertz CT molecular complexity index is 565. The van der Waals surface area contributed by atoms with Crippen molar-refractivity contribution in [3.8, 4) is 0 Å². The highest BCUT2D eigenvalue weighted by atomic mass is 127. The summed E-state index contributed by atoms with van der Waals surface area (Å²) in [7, 11) is 5.33. The second-order valence-corrected chi connectivity index (χ2v) is 8.77. The van der Waals surface area contributed by atoms with Crippen molar-refractivity contribution in [3.63, 3.8) is 0 Å². The molecule has 31 heavy (non-hydrogen) atoms. The summed E-state index contributed by atoms with van der Waals surface area (Å²) in [6, 6.07) is 0.275. The quantitative estimate of drug-likeness (QED) is 0.186. The Kier molecular flexibility index (Phi) is 12.6. The molecule has 2 N–H and O–H groups in total. The number of nitrogens with zero attached hydrogens (tertiary/aromatic N) is 3. The fraction of sp³-hybridized carbons (Fsp3) is 0.909. The topological polar surface area (TPSA) is 78.4 Å². The summed E-state index contributed by atoms with van der Waals surface area (Å²) in [6.45, 7) is 12.4. The van der Waals surface area contributed by atoms with E-state index in [4.69, 9.17) is 9.47 Å². The van der Waals surface area contributed by atoms with Gasteiger partial charge in [0.05, 0.1) is 19.3 Å². The fourth-order valence-electron chi connectivity index (χ4n) is 5.02. The van der Waals surface area contributed by atoms with E-state index in [0.29, 0.717) is 5.92 Å². The summed E-state index contributed by atoms with van der Waals surface area (Å²) in [4.78, 5) is 20.7. The number of ether oxygens (including phenoxy) is 2. The third-order valence-electron chi connectivity index (χ3n) is 6.97. The molecule has 182 valence electrons. The van der Waals surface area contributed by atoms with Gasteiger partial charge in [0.1, 0.15) is 6.54 Å². The van der Waals surface area contributed by atoms with Crippen LogP contribution in [-0.4, -0.2) is 101 Å². The summed E-state index contributed by atoms with van der Waals surface area (Å²) in [5, 5.41) is 7.11. The normalized spacial score (nSPS) is 25.9. The molecule has 0 aromatic carbocycles. The number of guanidine groups is 1. The highest BCUT2D eigenvalue weighted by molar-refractivity contribution is 14.0. The maximum Gasteiger partial charge on any atom is 0.243 e. The Labute approximate surface area is 205 Å². The van der Waals surface area contributed by atoms with Crippen molar-refractivity contribution in [3.05, 3.63) is 0 Å². The Morgan fingerprint density at radius 1 is 1.26 bits per heavy atom. The molecule has 0 spiro atoms. The third kappa shape index (κ3) is 7.17. The number of hydrogen-bond donors (Lipinski definition) is 2. The Hall–Kier alpha value is -0.650. The molecule has 3 unspecified atom stereocenters. The second-order valence-electron chi connectivity index (χ2n) is 8.77. The van der Waals surface area contributed by atoms with Gasteiger partial charge in [-0.05, 0) is 25.8 Å². The van der Waals surface area contributed by atoms with Crippen LogP contribution >= 0.6 is 24.0 Å². The van der Waals surface area contributed by atoms with Crippen LogP contribution < -0.4 is 10.6 Å². The molecule has 2 rings (SSSR count). The minimum Gasteiger partial charge on any atom is -0.380 e. The fourth-order valence-corrected chi connectivity index (χ4v) is 5.02. The van der Waals surface area contributed by atoms with Gasteiger partial charge < -0.3 is 25.0 Å². The predicted molar refractivity (Wildman–Crippen MR) is 136 cm³/mol. The first-order chi connectivity index (χ1) is 14.4. The molecule has 1 aliphatic carbocycles. The monoisotopic (exact) mass is 553 g/mol. The first-order valence-corrected chi connectivity index (χ1v) is 11.5. The Balaban J connectivity index is 0.00000480. The van der Waals surface area contributed by atoms with E-state index in [0.717, 1.165) is 64.6 Å². The Morgan fingerprint density at radius 3 is 2.45 bits per heavy atom. The van der Waals surface area contributed by atoms with E-state index >= 15 is 0 Å². The van der Waals surface area contributed by atoms with Crippen molar-refractivity contribution < 1.29 is 14.3 Å². The molecule has 0 radical (unpaired) electrons. The van der Waals surface area contributed by atoms with Crippen LogP contribution in [0.1, 0.15) is 40.0 Å². The van der Waals surface area contributed by atoms with Gasteiger partial charge >= 0.3 is 0 Å². The molecule has 2 fully saturated rings. The molecule has 0 aromatic heterocycles. The number of aliphatic imine (C=N–C) groups is 1. The average molecular weight is 554 g/mol. The van der Waals surface area contributed by atoms with Gasteiger partial charge in [-0.3, -0.25) is 9.69 Å². The van der Waals surface area contributed by atoms with Gasteiger partial charge in [0, 0.05) is 58.2 Å². The molecule has 1 saturated carbocycles. The van der Waals surface area contributed by atoms with Crippen LogP contribution in [-0.2, 0) is 14.3 Å². The van der Waals surface area contributed by atoms with E-state index in [1.165, 1.54) is 0 Å². The molecule has 1 aliphatic heterocycles. The molecule has 0 bridgehead atoms. The van der Waals surface area contributed by atoms with E-state index in [9.17, 15) is 4.79 Å². The first-order valence-electron chi connectivity index (χ1n) is 11.5. The molecule has 3 atom stereocenters. The molecule has 9 heteroatoms. The van der Waals surface area contributed by atoms with Gasteiger partial charge in [-0.1, -0.05) is 20.8 Å². The van der Waals surface area contributed by atoms with Crippen molar-refractivity contribution >= 4 is 35.8 Å². The van der Waals surface area contributed by atoms with Gasteiger partial charge in [-0.15, -0.1) is 24.0 Å². The molecule has 1 saturated heterocycles. The van der Waals surface area contributed by atoms with Crippen molar-refractivity contribution in [2.75, 3.05) is 67.1 Å². The van der Waals surface area contributed by atoms with E-state index in [1.807, 2.05) is 7.11 Å². The van der Waals surface area contributed by atoms with Gasteiger partial charge in [0.2, 0.25) is 5.91 Å². The zero-order valence-corrected chi connectivity index (χ0v) is 22.6. The van der Waals surface area contributed by atoms with Gasteiger partial charge in [0.15, 0.2) is 5.96 Å². The lowest BCUT2D eigenvalue weighted by atomic mass is 9.53. The highest BCUT2D eigenvalue weighted by Gasteiger charge is 2.58. The van der Waals surface area contributed by atoms with Crippen LogP contribution in [0.25, 0.3) is 0 Å². The summed E-state index contributed by atoms with van der Waals surface area (Å²) in [5.41, 5.74) is 0.0932. The number of amides is 1. The van der Waals surface area contributed by atoms with Crippen LogP contribution in [0.5, 0.6) is 0 Å². The van der Waals surface area contributed by atoms with E-state index in [-0.39, 0.29) is 54.0 Å². The number of carbonyl (C=O) groups excluding carboxylic acids is 1. The average Bonchev–Trinajstić information content (AvgIpc) is 2.76. The van der Waals surface area contributed by atoms with Crippen LogP contribution in [0.3, 0.4) is 0 Å². The lowest BCUT2D eigenvalue weighted by Crippen LogP contribution is -2.71. The summed E-state index contributed by atoms with van der Waals surface area (Å²) < 4.78 is 11.2. The smallest absolute Gasteiger partial charge is 0.243 e. The summed E-state index contributed by atoms with van der Waals surface area (Å²) in [6.07, 6.45) is 3.36. The van der Waals surface area contributed by atoms with Gasteiger partial charge in [-0.25, -0.2) is 4.99 Å². The van der Waals surface area contributed by atoms with Gasteiger partial charge in [-0.2, -0.15) is 0 Å². The molecular formula is C22H44IN5O3. The molecular weight excluding hydrogens is 509 g/mol. The first kappa shape index (κ1) is 28.4. The SMILES string of the molecule is CCC1(CC)C(NC(=NCC(=O)N(C)C)NCCCN2CCOCC2)C(C)C1OC.I. The number of halogens is 1. The van der Waals surface area contributed by atoms with Crippen LogP contribution in [0.15, 0.2) is 4.99 Å². The number of methoxy groups -OCH3 is 1. The minimum atomic E-state index is -0.00177. The van der Waals surface area contributed by atoms with Crippen molar-refractivity contribution in [2.24, 2.45) is 16.3 Å². The van der Waals surface area contributed by atoms with Gasteiger partial charge in [0.25, 0.3) is 0 Å². The minimum absolute atomic E-state index is 0. The van der Waals surface area contributed by atoms with E-state index < -0.39 is 0 Å². The lowest BCUT2D eigenvalue weighted by Gasteiger charge is -2.60. The van der Waals surface area contributed by atoms with Crippen molar-refractivity contribution in [1.29, 1.82) is 0 Å². The second kappa shape index (κ2) is 13.8. The van der Waals surface area contributed by atoms with E-state index in [2.05, 4.69) is 41.3 Å². The molecule has 0 aromatic rings. The number of hydrogen-bond acceptors (Lipinski definition) is 5. The maximum absolute atomic E-state index is 12.1. The predicted octanol–water partition coefficient (Wildman–Crippen LogP) is 1.79. The number of likely N-dealkylation sites (N-methyl/N-ethyl adjacent to an activating group) is 1. The van der Waals surface area contributed by atoms with Crippen LogP contribution in [0.4, 0.5) is 0 Å². The van der Waals surface area contributed by atoms with E-state index in [1.54, 1.807) is 19.0 Å². The summed E-state index contributed by atoms with van der Waals surface area (Å²) in [5.74, 6) is 1.11. The highest BCUT2D eigenvalue weighted by Crippen LogP contribution is 2.52. The number of morpholine rings is 1. The summed E-state index contributed by atoms with van der Waals surface area (Å²) >= 11 is 0. The zero-order chi connectivity index (χ0) is 22.1. The standard InChI is InChI=1S/C22H43N5O3.HI/c1-7-22(8-2)19(17(3)20(22)29-6)25-21(24-16-18(28)26(4)5)23-10-9-11-27-12-14-30-15-13-27;/h17,19-20H,7-16H2,1-6H3,(H2,23,24,25);1H. The van der Waals surface area contributed by atoms with Crippen LogP contribution in [0.2, 0.25) is 0 Å². The Morgan fingerprint density at radius 2 is 1.90 bits per heavy atom. The number of rotatable bonds is 10. The number of nitrogens with one attached hydrogen (secondary N) is 2. The third-order valence-corrected chi connectivity index (χ3v) is 6.97. The lowest BCUT2D eigenvalue weighted by molar-refractivity contribution is -0.163. The van der Waals surface area contributed by atoms with Crippen molar-refractivity contribution in [2.45, 2.75) is 52.2 Å². The molecule has 8 nitrogen and oxygen atoms in total. The van der Waals surface area contributed by atoms with Crippen LogP contribution in [0, 0.1) is 11.3 Å². The maximum atomic E-state index is 12.1. The molecule has 1 heterocycles. The molecule has 2 aliphatic rings.